The van der Waals surface area contributed by atoms with Crippen molar-refractivity contribution in [3.05, 3.63) is 0 Å². The maximum absolute atomic E-state index is 2.41. The molecule has 2 heteroatoms. The second kappa shape index (κ2) is 20.6. The Morgan fingerprint density at radius 1 is 0.400 bits per heavy atom. The lowest BCUT2D eigenvalue weighted by molar-refractivity contribution is -0.890. The fraction of sp³-hybridized carbons (Fsp3) is 1.00. The summed E-state index contributed by atoms with van der Waals surface area (Å²) in [5, 5.41) is 0. The Morgan fingerprint density at radius 2 is 0.640 bits per heavy atom. The summed E-state index contributed by atoms with van der Waals surface area (Å²) in [7, 11) is 4.83. The molecule has 0 atom stereocenters. The summed E-state index contributed by atoms with van der Waals surface area (Å²) in [6.07, 6.45) is 24.6. The van der Waals surface area contributed by atoms with Crippen molar-refractivity contribution in [2.24, 2.45) is 0 Å². The van der Waals surface area contributed by atoms with Crippen LogP contribution >= 0.6 is 0 Å². The van der Waals surface area contributed by atoms with Crippen molar-refractivity contribution in [1.29, 1.82) is 0 Å². The van der Waals surface area contributed by atoms with E-state index < -0.39 is 0 Å². The summed E-state index contributed by atoms with van der Waals surface area (Å²) in [6, 6.07) is 0. The Morgan fingerprint density at radius 3 is 1.00 bits per heavy atom. The van der Waals surface area contributed by atoms with E-state index in [-0.39, 0.29) is 12.4 Å². The van der Waals surface area contributed by atoms with E-state index in [0.717, 1.165) is 0 Å². The molecule has 0 aliphatic carbocycles. The zero-order valence-corrected chi connectivity index (χ0v) is 19.0. The summed E-state index contributed by atoms with van der Waals surface area (Å²) >= 11 is 0. The predicted octanol–water partition coefficient (Wildman–Crippen LogP) is 4.74. The summed E-state index contributed by atoms with van der Waals surface area (Å²) in [4.78, 5) is 0. The minimum atomic E-state index is 0. The molecule has 154 valence electrons. The van der Waals surface area contributed by atoms with Crippen molar-refractivity contribution in [1.82, 2.24) is 0 Å². The lowest BCUT2D eigenvalue weighted by Crippen LogP contribution is -3.00. The molecule has 0 aliphatic rings. The molecule has 0 spiro atoms. The van der Waals surface area contributed by atoms with Crippen LogP contribution in [0.4, 0.5) is 0 Å². The number of halogens is 1. The van der Waals surface area contributed by atoms with Crippen molar-refractivity contribution in [2.45, 2.75) is 123 Å². The van der Waals surface area contributed by atoms with E-state index in [0.29, 0.717) is 0 Å². The first-order valence-corrected chi connectivity index (χ1v) is 11.4. The highest BCUT2D eigenvalue weighted by molar-refractivity contribution is 4.49. The molecule has 0 bridgehead atoms. The Bertz CT molecular complexity index is 240. The van der Waals surface area contributed by atoms with Crippen molar-refractivity contribution < 1.29 is 16.9 Å². The van der Waals surface area contributed by atoms with Crippen LogP contribution in [0.1, 0.15) is 123 Å². The lowest BCUT2D eigenvalue weighted by atomic mass is 10.0. The highest BCUT2D eigenvalue weighted by Crippen LogP contribution is 2.13. The lowest BCUT2D eigenvalue weighted by Gasteiger charge is -2.29. The quantitative estimate of drug-likeness (QED) is 0.226. The van der Waals surface area contributed by atoms with Crippen molar-refractivity contribution >= 4 is 0 Å². The molecule has 0 N–H and O–H groups in total. The number of rotatable bonds is 19. The smallest absolute Gasteiger partial charge is 0.0782 e. The van der Waals surface area contributed by atoms with Crippen molar-refractivity contribution in [2.75, 3.05) is 27.2 Å². The molecular formula is C23H50ClN. The Labute approximate surface area is 167 Å². The van der Waals surface area contributed by atoms with Gasteiger partial charge in [-0.3, -0.25) is 0 Å². The average molecular weight is 376 g/mol. The van der Waals surface area contributed by atoms with Gasteiger partial charge in [0, 0.05) is 0 Å². The summed E-state index contributed by atoms with van der Waals surface area (Å²) < 4.78 is 1.23. The van der Waals surface area contributed by atoms with Crippen LogP contribution in [-0.2, 0) is 0 Å². The Hall–Kier alpha value is 0.250. The molecule has 0 amide bonds. The number of hydrogen-bond donors (Lipinski definition) is 0. The largest absolute Gasteiger partial charge is 1.00 e. The Kier molecular flexibility index (Phi) is 22.6. The normalized spacial score (nSPS) is 11.5. The maximum atomic E-state index is 2.41. The SMILES string of the molecule is CCCCCCCCCCCCCCCC[N+](C)(C)CCCCC.[Cl-]. The molecule has 0 aliphatic heterocycles. The van der Waals surface area contributed by atoms with Gasteiger partial charge in [0.05, 0.1) is 27.2 Å². The minimum Gasteiger partial charge on any atom is -1.00 e. The van der Waals surface area contributed by atoms with Gasteiger partial charge in [-0.05, 0) is 25.7 Å². The third-order valence-corrected chi connectivity index (χ3v) is 5.48. The van der Waals surface area contributed by atoms with Gasteiger partial charge in [-0.25, -0.2) is 0 Å². The number of quaternary nitrogens is 1. The van der Waals surface area contributed by atoms with Crippen molar-refractivity contribution in [3.63, 3.8) is 0 Å². The first kappa shape index (κ1) is 27.5. The van der Waals surface area contributed by atoms with Gasteiger partial charge in [0.15, 0.2) is 0 Å². The van der Waals surface area contributed by atoms with E-state index in [9.17, 15) is 0 Å². The van der Waals surface area contributed by atoms with Crippen LogP contribution in [0.5, 0.6) is 0 Å². The van der Waals surface area contributed by atoms with Gasteiger partial charge in [-0.2, -0.15) is 0 Å². The van der Waals surface area contributed by atoms with Crippen LogP contribution in [0.15, 0.2) is 0 Å². The molecule has 1 nitrogen and oxygen atoms in total. The third kappa shape index (κ3) is 22.2. The van der Waals surface area contributed by atoms with E-state index in [2.05, 4.69) is 27.9 Å². The van der Waals surface area contributed by atoms with Gasteiger partial charge in [0.2, 0.25) is 0 Å². The highest BCUT2D eigenvalue weighted by atomic mass is 35.5. The molecule has 0 fully saturated rings. The highest BCUT2D eigenvalue weighted by Gasteiger charge is 2.13. The van der Waals surface area contributed by atoms with Crippen LogP contribution in [0, 0.1) is 0 Å². The van der Waals surface area contributed by atoms with E-state index >= 15 is 0 Å². The molecule has 0 rings (SSSR count). The summed E-state index contributed by atoms with van der Waals surface area (Å²) in [5.41, 5.74) is 0. The molecule has 0 aromatic heterocycles. The van der Waals surface area contributed by atoms with Crippen LogP contribution in [0.25, 0.3) is 0 Å². The van der Waals surface area contributed by atoms with E-state index in [1.54, 1.807) is 0 Å². The zero-order chi connectivity index (χ0) is 17.9. The molecule has 0 heterocycles. The second-order valence-corrected chi connectivity index (χ2v) is 8.69. The van der Waals surface area contributed by atoms with E-state index in [4.69, 9.17) is 0 Å². The third-order valence-electron chi connectivity index (χ3n) is 5.48. The first-order chi connectivity index (χ1) is 11.6. The zero-order valence-electron chi connectivity index (χ0n) is 18.3. The Balaban J connectivity index is 0. The standard InChI is InChI=1S/C23H50N.ClH/c1-5-7-9-10-11-12-13-14-15-16-17-18-19-21-23-24(3,4)22-20-8-6-2;/h5-23H2,1-4H3;1H/q+1;/p-1. The van der Waals surface area contributed by atoms with E-state index in [1.807, 2.05) is 0 Å². The fourth-order valence-electron chi connectivity index (χ4n) is 3.64. The van der Waals surface area contributed by atoms with Gasteiger partial charge in [0.25, 0.3) is 0 Å². The number of hydrogen-bond acceptors (Lipinski definition) is 0. The van der Waals surface area contributed by atoms with Crippen LogP contribution in [0.3, 0.4) is 0 Å². The van der Waals surface area contributed by atoms with Crippen molar-refractivity contribution in [3.8, 4) is 0 Å². The first-order valence-electron chi connectivity index (χ1n) is 11.4. The topological polar surface area (TPSA) is 0 Å². The number of unbranched alkanes of at least 4 members (excludes halogenated alkanes) is 15. The summed E-state index contributed by atoms with van der Waals surface area (Å²) in [5.74, 6) is 0. The molecule has 0 saturated carbocycles. The van der Waals surface area contributed by atoms with Crippen LogP contribution in [0.2, 0.25) is 0 Å². The molecule has 0 aromatic rings. The van der Waals surface area contributed by atoms with Crippen LogP contribution in [-0.4, -0.2) is 31.7 Å². The summed E-state index contributed by atoms with van der Waals surface area (Å²) in [6.45, 7) is 7.34. The van der Waals surface area contributed by atoms with Gasteiger partial charge in [-0.1, -0.05) is 97.3 Å². The minimum absolute atomic E-state index is 0. The van der Waals surface area contributed by atoms with E-state index in [1.165, 1.54) is 127 Å². The van der Waals surface area contributed by atoms with Gasteiger partial charge < -0.3 is 16.9 Å². The molecular weight excluding hydrogens is 326 g/mol. The number of nitrogens with zero attached hydrogens (tertiary/aromatic N) is 1. The predicted molar refractivity (Wildman–Crippen MR) is 112 cm³/mol. The molecule has 0 saturated heterocycles. The molecule has 0 aromatic carbocycles. The van der Waals surface area contributed by atoms with Gasteiger partial charge in [0.1, 0.15) is 0 Å². The molecule has 0 radical (unpaired) electrons. The monoisotopic (exact) mass is 375 g/mol. The second-order valence-electron chi connectivity index (χ2n) is 8.69. The maximum Gasteiger partial charge on any atom is 0.0782 e. The van der Waals surface area contributed by atoms with Gasteiger partial charge >= 0.3 is 0 Å². The average Bonchev–Trinajstić information content (AvgIpc) is 2.55. The molecule has 0 unspecified atom stereocenters. The van der Waals surface area contributed by atoms with Gasteiger partial charge in [-0.15, -0.1) is 0 Å². The van der Waals surface area contributed by atoms with Crippen LogP contribution < -0.4 is 12.4 Å². The molecule has 25 heavy (non-hydrogen) atoms. The fourth-order valence-corrected chi connectivity index (χ4v) is 3.64.